The molecule has 1 atom stereocenters. The van der Waals surface area contributed by atoms with Gasteiger partial charge >= 0.3 is 0 Å². The molecule has 0 saturated carbocycles. The Morgan fingerprint density at radius 2 is 2.21 bits per heavy atom. The number of aromatic nitrogens is 2. The molecule has 0 fully saturated rings. The zero-order valence-electron chi connectivity index (χ0n) is 13.5. The topological polar surface area (TPSA) is 58.1 Å². The first-order chi connectivity index (χ1) is 11.4. The minimum atomic E-state index is -0.461. The van der Waals surface area contributed by atoms with Crippen molar-refractivity contribution < 1.29 is 9.18 Å². The smallest absolute Gasteiger partial charge is 0.253 e. The van der Waals surface area contributed by atoms with Gasteiger partial charge in [0, 0.05) is 32.0 Å². The van der Waals surface area contributed by atoms with E-state index < -0.39 is 5.82 Å². The summed E-state index contributed by atoms with van der Waals surface area (Å²) >= 11 is 5.94. The maximum atomic E-state index is 13.1. The largest absolute Gasteiger partial charge is 0.349 e. The molecule has 0 bridgehead atoms. The number of halogens is 2. The zero-order valence-corrected chi connectivity index (χ0v) is 14.3. The van der Waals surface area contributed by atoms with E-state index in [9.17, 15) is 9.18 Å². The van der Waals surface area contributed by atoms with Gasteiger partial charge in [0.2, 0.25) is 5.95 Å². The lowest BCUT2D eigenvalue weighted by Gasteiger charge is -2.25. The van der Waals surface area contributed by atoms with Crippen LogP contribution in [-0.4, -0.2) is 36.0 Å². The van der Waals surface area contributed by atoms with Crippen molar-refractivity contribution in [3.05, 3.63) is 52.1 Å². The van der Waals surface area contributed by atoms with Gasteiger partial charge in [-0.2, -0.15) is 0 Å². The van der Waals surface area contributed by atoms with Gasteiger partial charge in [-0.25, -0.2) is 14.4 Å². The average molecular weight is 349 g/mol. The van der Waals surface area contributed by atoms with Gasteiger partial charge < -0.3 is 10.2 Å². The Bertz CT molecular complexity index is 781. The van der Waals surface area contributed by atoms with Crippen molar-refractivity contribution in [3.63, 3.8) is 0 Å². The Kier molecular flexibility index (Phi) is 4.66. The summed E-state index contributed by atoms with van der Waals surface area (Å²) in [4.78, 5) is 23.1. The highest BCUT2D eigenvalue weighted by molar-refractivity contribution is 6.33. The van der Waals surface area contributed by atoms with Crippen LogP contribution in [0.1, 0.15) is 28.0 Å². The number of benzene rings is 1. The Hall–Kier alpha value is -2.21. The van der Waals surface area contributed by atoms with Crippen LogP contribution in [0.5, 0.6) is 0 Å². The number of amides is 1. The van der Waals surface area contributed by atoms with Crippen molar-refractivity contribution in [2.75, 3.05) is 19.0 Å². The Morgan fingerprint density at radius 1 is 1.42 bits per heavy atom. The monoisotopic (exact) mass is 348 g/mol. The van der Waals surface area contributed by atoms with Crippen LogP contribution in [-0.2, 0) is 12.8 Å². The first-order valence-electron chi connectivity index (χ1n) is 7.72. The molecule has 2 aromatic rings. The number of hydrogen-bond donors (Lipinski definition) is 1. The van der Waals surface area contributed by atoms with E-state index in [-0.39, 0.29) is 22.5 Å². The molecule has 0 saturated heterocycles. The third-order valence-corrected chi connectivity index (χ3v) is 4.36. The molecule has 1 aliphatic carbocycles. The minimum absolute atomic E-state index is 0.0140. The summed E-state index contributed by atoms with van der Waals surface area (Å²) in [5.41, 5.74) is 2.35. The van der Waals surface area contributed by atoms with Crippen LogP contribution in [0.2, 0.25) is 5.02 Å². The van der Waals surface area contributed by atoms with E-state index in [1.54, 1.807) is 0 Å². The lowest BCUT2D eigenvalue weighted by molar-refractivity contribution is 0.0933. The predicted octanol–water partition coefficient (Wildman–Crippen LogP) is 2.62. The molecule has 1 aromatic carbocycles. The van der Waals surface area contributed by atoms with Gasteiger partial charge in [-0.15, -0.1) is 0 Å². The van der Waals surface area contributed by atoms with Crippen molar-refractivity contribution in [1.82, 2.24) is 15.3 Å². The number of fused-ring (bicyclic) bond motifs is 1. The second-order valence-electron chi connectivity index (χ2n) is 6.07. The fourth-order valence-electron chi connectivity index (χ4n) is 2.77. The molecule has 0 aliphatic heterocycles. The number of aryl methyl sites for hydroxylation is 1. The lowest BCUT2D eigenvalue weighted by atomic mass is 9.92. The molecule has 1 aromatic heterocycles. The summed E-state index contributed by atoms with van der Waals surface area (Å²) in [5, 5.41) is 3.08. The molecule has 1 aliphatic rings. The number of carbonyl (C=O) groups is 1. The van der Waals surface area contributed by atoms with Crippen LogP contribution in [0.25, 0.3) is 0 Å². The summed E-state index contributed by atoms with van der Waals surface area (Å²) in [5.74, 6) is -0.0643. The molecule has 1 amide bonds. The molecular weight excluding hydrogens is 331 g/mol. The minimum Gasteiger partial charge on any atom is -0.349 e. The van der Waals surface area contributed by atoms with Gasteiger partial charge in [0.25, 0.3) is 5.91 Å². The summed E-state index contributed by atoms with van der Waals surface area (Å²) < 4.78 is 13.1. The molecule has 0 radical (unpaired) electrons. The van der Waals surface area contributed by atoms with Crippen molar-refractivity contribution in [2.45, 2.75) is 25.3 Å². The molecule has 126 valence electrons. The number of hydrogen-bond acceptors (Lipinski definition) is 4. The van der Waals surface area contributed by atoms with Crippen molar-refractivity contribution in [2.24, 2.45) is 0 Å². The van der Waals surface area contributed by atoms with E-state index in [4.69, 9.17) is 11.6 Å². The van der Waals surface area contributed by atoms with E-state index in [0.29, 0.717) is 12.4 Å². The molecule has 1 heterocycles. The molecule has 24 heavy (non-hydrogen) atoms. The summed E-state index contributed by atoms with van der Waals surface area (Å²) in [6.45, 7) is 0. The highest BCUT2D eigenvalue weighted by Crippen LogP contribution is 2.22. The van der Waals surface area contributed by atoms with E-state index in [0.717, 1.165) is 30.2 Å². The van der Waals surface area contributed by atoms with Gasteiger partial charge in [-0.1, -0.05) is 11.6 Å². The van der Waals surface area contributed by atoms with Crippen LogP contribution in [0, 0.1) is 5.82 Å². The van der Waals surface area contributed by atoms with E-state index in [1.807, 2.05) is 25.2 Å². The fourth-order valence-corrected chi connectivity index (χ4v) is 3.03. The standard InChI is InChI=1S/C17H18ClFN4O/c1-23(2)17-20-9-10-7-12(4-6-15(10)22-17)21-16(24)13-5-3-11(19)8-14(13)18/h3,5,8-9,12H,4,6-7H2,1-2H3,(H,21,24). The molecule has 1 N–H and O–H groups in total. The van der Waals surface area contributed by atoms with Crippen LogP contribution < -0.4 is 10.2 Å². The van der Waals surface area contributed by atoms with Crippen LogP contribution in [0.15, 0.2) is 24.4 Å². The summed E-state index contributed by atoms with van der Waals surface area (Å²) in [7, 11) is 3.81. The number of nitrogens with zero attached hydrogens (tertiary/aromatic N) is 3. The highest BCUT2D eigenvalue weighted by atomic mass is 35.5. The summed E-state index contributed by atoms with van der Waals surface area (Å²) in [6, 6.07) is 3.76. The second kappa shape index (κ2) is 6.73. The first kappa shape index (κ1) is 16.6. The van der Waals surface area contributed by atoms with Gasteiger partial charge in [0.05, 0.1) is 10.6 Å². The van der Waals surface area contributed by atoms with Crippen LogP contribution in [0.4, 0.5) is 10.3 Å². The lowest BCUT2D eigenvalue weighted by Crippen LogP contribution is -2.39. The molecule has 1 unspecified atom stereocenters. The van der Waals surface area contributed by atoms with E-state index >= 15 is 0 Å². The molecular formula is C17H18ClFN4O. The Balaban J connectivity index is 1.70. The van der Waals surface area contributed by atoms with E-state index in [1.165, 1.54) is 12.1 Å². The quantitative estimate of drug-likeness (QED) is 0.926. The van der Waals surface area contributed by atoms with Gasteiger partial charge in [0.1, 0.15) is 5.82 Å². The zero-order chi connectivity index (χ0) is 17.3. The maximum absolute atomic E-state index is 13.1. The number of anilines is 1. The molecule has 0 spiro atoms. The highest BCUT2D eigenvalue weighted by Gasteiger charge is 2.23. The van der Waals surface area contributed by atoms with Crippen LogP contribution in [0.3, 0.4) is 0 Å². The van der Waals surface area contributed by atoms with Crippen molar-refractivity contribution in [1.29, 1.82) is 0 Å². The number of rotatable bonds is 3. The van der Waals surface area contributed by atoms with E-state index in [2.05, 4.69) is 15.3 Å². The SMILES string of the molecule is CN(C)c1ncc2c(n1)CCC(NC(=O)c1ccc(F)cc1Cl)C2. The first-order valence-corrected chi connectivity index (χ1v) is 8.10. The predicted molar refractivity (Wildman–Crippen MR) is 91.0 cm³/mol. The Morgan fingerprint density at radius 3 is 2.92 bits per heavy atom. The number of nitrogens with one attached hydrogen (secondary N) is 1. The van der Waals surface area contributed by atoms with Crippen LogP contribution >= 0.6 is 11.6 Å². The van der Waals surface area contributed by atoms with Crippen molar-refractivity contribution >= 4 is 23.5 Å². The summed E-state index contributed by atoms with van der Waals surface area (Å²) in [6.07, 6.45) is 4.07. The Labute approximate surface area is 144 Å². The third-order valence-electron chi connectivity index (χ3n) is 4.05. The number of carbonyl (C=O) groups excluding carboxylic acids is 1. The molecule has 5 nitrogen and oxygen atoms in total. The average Bonchev–Trinajstić information content (AvgIpc) is 2.54. The second-order valence-corrected chi connectivity index (χ2v) is 6.48. The maximum Gasteiger partial charge on any atom is 0.253 e. The third kappa shape index (κ3) is 3.48. The fraction of sp³-hybridized carbons (Fsp3) is 0.353. The van der Waals surface area contributed by atoms with Gasteiger partial charge in [0.15, 0.2) is 0 Å². The van der Waals surface area contributed by atoms with Crippen molar-refractivity contribution in [3.8, 4) is 0 Å². The normalized spacial score (nSPS) is 16.4. The molecule has 7 heteroatoms. The van der Waals surface area contributed by atoms with Gasteiger partial charge in [-0.3, -0.25) is 4.79 Å². The van der Waals surface area contributed by atoms with Gasteiger partial charge in [-0.05, 0) is 43.0 Å². The molecule has 3 rings (SSSR count).